The van der Waals surface area contributed by atoms with Gasteiger partial charge in [0.1, 0.15) is 5.82 Å². The van der Waals surface area contributed by atoms with Crippen molar-refractivity contribution in [2.24, 2.45) is 5.92 Å². The Morgan fingerprint density at radius 1 is 1.18 bits per heavy atom. The molecule has 6 heteroatoms. The Morgan fingerprint density at radius 2 is 1.93 bits per heavy atom. The van der Waals surface area contributed by atoms with Crippen LogP contribution >= 0.6 is 11.6 Å². The maximum atomic E-state index is 14.0. The normalized spacial score (nSPS) is 22.2. The Labute approximate surface area is 170 Å². The molecule has 1 amide bonds. The lowest BCUT2D eigenvalue weighted by atomic mass is 10.1. The standard InChI is InChI=1S/C22H25ClFN3O/c1-2-26-9-11-27(12-10-26)21-8-7-15(23)13-20(21)25-22(28)18-14-17(18)16-5-3-4-6-19(16)24/h3-8,13,17-18H,2,9-12,14H2,1H3,(H,25,28). The molecule has 28 heavy (non-hydrogen) atoms. The lowest BCUT2D eigenvalue weighted by molar-refractivity contribution is -0.117. The summed E-state index contributed by atoms with van der Waals surface area (Å²) < 4.78 is 14.0. The molecule has 1 saturated carbocycles. The van der Waals surface area contributed by atoms with Crippen LogP contribution in [0, 0.1) is 11.7 Å². The first-order valence-electron chi connectivity index (χ1n) is 9.89. The molecule has 1 aliphatic heterocycles. The number of hydrogen-bond donors (Lipinski definition) is 1. The molecule has 1 N–H and O–H groups in total. The number of nitrogens with zero attached hydrogens (tertiary/aromatic N) is 2. The van der Waals surface area contributed by atoms with Gasteiger partial charge in [-0.05, 0) is 48.7 Å². The molecule has 2 aliphatic rings. The van der Waals surface area contributed by atoms with Gasteiger partial charge in [0.15, 0.2) is 0 Å². The number of benzene rings is 2. The number of hydrogen-bond acceptors (Lipinski definition) is 3. The van der Waals surface area contributed by atoms with Crippen LogP contribution < -0.4 is 10.2 Å². The van der Waals surface area contributed by atoms with Crippen molar-refractivity contribution in [3.8, 4) is 0 Å². The fourth-order valence-electron chi connectivity index (χ4n) is 4.02. The lowest BCUT2D eigenvalue weighted by Gasteiger charge is -2.36. The summed E-state index contributed by atoms with van der Waals surface area (Å²) in [6.07, 6.45) is 0.678. The van der Waals surface area contributed by atoms with E-state index in [0.29, 0.717) is 17.0 Å². The van der Waals surface area contributed by atoms with Crippen LogP contribution in [0.1, 0.15) is 24.8 Å². The highest BCUT2D eigenvalue weighted by Crippen LogP contribution is 2.49. The van der Waals surface area contributed by atoms with Crippen molar-refractivity contribution in [3.63, 3.8) is 0 Å². The van der Waals surface area contributed by atoms with Crippen molar-refractivity contribution < 1.29 is 9.18 Å². The van der Waals surface area contributed by atoms with Gasteiger partial charge >= 0.3 is 0 Å². The molecule has 2 unspecified atom stereocenters. The summed E-state index contributed by atoms with van der Waals surface area (Å²) in [6.45, 7) is 7.07. The van der Waals surface area contributed by atoms with E-state index in [1.165, 1.54) is 6.07 Å². The van der Waals surface area contributed by atoms with E-state index in [9.17, 15) is 9.18 Å². The van der Waals surface area contributed by atoms with Crippen molar-refractivity contribution in [2.75, 3.05) is 42.9 Å². The minimum atomic E-state index is -0.236. The Hall–Kier alpha value is -2.11. The molecule has 0 radical (unpaired) electrons. The van der Waals surface area contributed by atoms with Gasteiger partial charge in [-0.1, -0.05) is 36.7 Å². The van der Waals surface area contributed by atoms with Gasteiger partial charge in [0.2, 0.25) is 5.91 Å². The molecule has 2 aromatic carbocycles. The Morgan fingerprint density at radius 3 is 2.64 bits per heavy atom. The van der Waals surface area contributed by atoms with E-state index < -0.39 is 0 Å². The zero-order chi connectivity index (χ0) is 19.7. The molecule has 4 nitrogen and oxygen atoms in total. The highest BCUT2D eigenvalue weighted by atomic mass is 35.5. The van der Waals surface area contributed by atoms with Crippen molar-refractivity contribution >= 4 is 28.9 Å². The van der Waals surface area contributed by atoms with Crippen LogP contribution in [0.15, 0.2) is 42.5 Å². The molecule has 1 aliphatic carbocycles. The first-order valence-corrected chi connectivity index (χ1v) is 10.3. The summed E-state index contributed by atoms with van der Waals surface area (Å²) in [5.41, 5.74) is 2.36. The largest absolute Gasteiger partial charge is 0.367 e. The van der Waals surface area contributed by atoms with Crippen molar-refractivity contribution in [3.05, 3.63) is 58.9 Å². The number of carbonyl (C=O) groups is 1. The summed E-state index contributed by atoms with van der Waals surface area (Å²) in [5, 5.41) is 3.64. The number of amides is 1. The topological polar surface area (TPSA) is 35.6 Å². The van der Waals surface area contributed by atoms with Gasteiger partial charge in [0, 0.05) is 37.1 Å². The minimum absolute atomic E-state index is 0.0445. The van der Waals surface area contributed by atoms with E-state index in [2.05, 4.69) is 22.0 Å². The number of piperazine rings is 1. The van der Waals surface area contributed by atoms with Gasteiger partial charge in [-0.25, -0.2) is 4.39 Å². The molecule has 0 spiro atoms. The van der Waals surface area contributed by atoms with Crippen LogP contribution in [0.25, 0.3) is 0 Å². The van der Waals surface area contributed by atoms with Crippen LogP contribution in [0.5, 0.6) is 0 Å². The smallest absolute Gasteiger partial charge is 0.228 e. The summed E-state index contributed by atoms with van der Waals surface area (Å²) in [6, 6.07) is 12.3. The van der Waals surface area contributed by atoms with E-state index in [-0.39, 0.29) is 23.6 Å². The minimum Gasteiger partial charge on any atom is -0.367 e. The third-order valence-electron chi connectivity index (χ3n) is 5.81. The van der Waals surface area contributed by atoms with E-state index in [4.69, 9.17) is 11.6 Å². The highest BCUT2D eigenvalue weighted by molar-refractivity contribution is 6.31. The fraction of sp³-hybridized carbons (Fsp3) is 0.409. The molecule has 2 aromatic rings. The van der Waals surface area contributed by atoms with Gasteiger partial charge in [-0.3, -0.25) is 4.79 Å². The van der Waals surface area contributed by atoms with Gasteiger partial charge < -0.3 is 15.1 Å². The zero-order valence-electron chi connectivity index (χ0n) is 16.0. The number of halogens is 2. The van der Waals surface area contributed by atoms with Crippen molar-refractivity contribution in [1.82, 2.24) is 4.90 Å². The quantitative estimate of drug-likeness (QED) is 0.808. The Bertz CT molecular complexity index is 867. The maximum absolute atomic E-state index is 14.0. The Balaban J connectivity index is 1.47. The number of likely N-dealkylation sites (N-methyl/N-ethyl adjacent to an activating group) is 1. The summed E-state index contributed by atoms with van der Waals surface area (Å²) >= 11 is 6.20. The van der Waals surface area contributed by atoms with E-state index >= 15 is 0 Å². The molecule has 0 aromatic heterocycles. The molecule has 0 bridgehead atoms. The summed E-state index contributed by atoms with van der Waals surface area (Å²) in [4.78, 5) is 17.5. The predicted molar refractivity (Wildman–Crippen MR) is 112 cm³/mol. The average Bonchev–Trinajstić information content (AvgIpc) is 3.49. The second kappa shape index (κ2) is 8.10. The second-order valence-electron chi connectivity index (χ2n) is 7.54. The van der Waals surface area contributed by atoms with E-state index in [1.54, 1.807) is 12.1 Å². The Kier molecular flexibility index (Phi) is 5.56. The second-order valence-corrected chi connectivity index (χ2v) is 7.98. The highest BCUT2D eigenvalue weighted by Gasteiger charge is 2.45. The third-order valence-corrected chi connectivity index (χ3v) is 6.04. The number of nitrogens with one attached hydrogen (secondary N) is 1. The van der Waals surface area contributed by atoms with Crippen LogP contribution in [-0.2, 0) is 4.79 Å². The SMILES string of the molecule is CCN1CCN(c2ccc(Cl)cc2NC(=O)C2CC2c2ccccc2F)CC1. The van der Waals surface area contributed by atoms with Crippen molar-refractivity contribution in [1.29, 1.82) is 0 Å². The van der Waals surface area contributed by atoms with Crippen LogP contribution in [0.3, 0.4) is 0 Å². The average molecular weight is 402 g/mol. The fourth-order valence-corrected chi connectivity index (χ4v) is 4.19. The molecular formula is C22H25ClFN3O. The molecular weight excluding hydrogens is 377 g/mol. The first kappa shape index (κ1) is 19.2. The summed E-state index contributed by atoms with van der Waals surface area (Å²) in [5.74, 6) is -0.540. The van der Waals surface area contributed by atoms with Crippen LogP contribution in [-0.4, -0.2) is 43.5 Å². The molecule has 148 valence electrons. The van der Waals surface area contributed by atoms with Gasteiger partial charge in [0.05, 0.1) is 11.4 Å². The van der Waals surface area contributed by atoms with Crippen LogP contribution in [0.2, 0.25) is 5.02 Å². The maximum Gasteiger partial charge on any atom is 0.228 e. The number of carbonyl (C=O) groups excluding carboxylic acids is 1. The van der Waals surface area contributed by atoms with Gasteiger partial charge in [0.25, 0.3) is 0 Å². The van der Waals surface area contributed by atoms with Gasteiger partial charge in [-0.2, -0.15) is 0 Å². The van der Waals surface area contributed by atoms with Crippen molar-refractivity contribution in [2.45, 2.75) is 19.3 Å². The van der Waals surface area contributed by atoms with E-state index in [1.807, 2.05) is 24.3 Å². The van der Waals surface area contributed by atoms with Gasteiger partial charge in [-0.15, -0.1) is 0 Å². The predicted octanol–water partition coefficient (Wildman–Crippen LogP) is 4.36. The summed E-state index contributed by atoms with van der Waals surface area (Å²) in [7, 11) is 0. The lowest BCUT2D eigenvalue weighted by Crippen LogP contribution is -2.46. The number of anilines is 2. The molecule has 2 atom stereocenters. The molecule has 1 heterocycles. The number of rotatable bonds is 5. The monoisotopic (exact) mass is 401 g/mol. The van der Waals surface area contributed by atoms with Crippen LogP contribution in [0.4, 0.5) is 15.8 Å². The zero-order valence-corrected chi connectivity index (χ0v) is 16.8. The molecule has 2 fully saturated rings. The molecule has 1 saturated heterocycles. The van der Waals surface area contributed by atoms with E-state index in [0.717, 1.165) is 44.1 Å². The molecule has 4 rings (SSSR count). The third kappa shape index (κ3) is 4.01. The first-order chi connectivity index (χ1) is 13.6.